The molecule has 4 rings (SSSR count). The van der Waals surface area contributed by atoms with Gasteiger partial charge < -0.3 is 9.32 Å². The van der Waals surface area contributed by atoms with E-state index in [0.29, 0.717) is 11.3 Å². The Morgan fingerprint density at radius 2 is 2.28 bits per heavy atom. The van der Waals surface area contributed by atoms with Gasteiger partial charge in [0.1, 0.15) is 0 Å². The lowest BCUT2D eigenvalue weighted by Crippen LogP contribution is -2.18. The molecule has 2 aromatic rings. The number of nitrogens with zero attached hydrogens (tertiary/aromatic N) is 2. The average Bonchev–Trinajstić information content (AvgIpc) is 2.92. The Hall–Kier alpha value is -2.04. The highest BCUT2D eigenvalue weighted by Crippen LogP contribution is 2.56. The molecule has 0 atom stereocenters. The van der Waals surface area contributed by atoms with E-state index in [1.54, 1.807) is 0 Å². The summed E-state index contributed by atoms with van der Waals surface area (Å²) in [6.07, 6.45) is 2.50. The fourth-order valence-corrected chi connectivity index (χ4v) is 2.98. The van der Waals surface area contributed by atoms with Gasteiger partial charge in [0.2, 0.25) is 5.89 Å². The van der Waals surface area contributed by atoms with E-state index >= 15 is 0 Å². The SMILES string of the molecule is CN1CC2(CC2)c2cc(-c3n[nH]c(=O)o3)ccc21. The summed E-state index contributed by atoms with van der Waals surface area (Å²) >= 11 is 0. The Kier molecular flexibility index (Phi) is 1.68. The smallest absolute Gasteiger partial charge is 0.388 e. The van der Waals surface area contributed by atoms with E-state index in [-0.39, 0.29) is 0 Å². The monoisotopic (exact) mass is 243 g/mol. The second-order valence-electron chi connectivity index (χ2n) is 5.29. The van der Waals surface area contributed by atoms with Crippen LogP contribution in [-0.4, -0.2) is 23.8 Å². The van der Waals surface area contributed by atoms with Gasteiger partial charge in [-0.2, -0.15) is 0 Å². The summed E-state index contributed by atoms with van der Waals surface area (Å²) in [5.74, 6) is -0.142. The van der Waals surface area contributed by atoms with Crippen LogP contribution < -0.4 is 10.7 Å². The lowest BCUT2D eigenvalue weighted by molar-refractivity contribution is 0.527. The van der Waals surface area contributed by atoms with Crippen molar-refractivity contribution in [2.75, 3.05) is 18.5 Å². The second-order valence-corrected chi connectivity index (χ2v) is 5.29. The van der Waals surface area contributed by atoms with E-state index in [4.69, 9.17) is 4.42 Å². The maximum Gasteiger partial charge on any atom is 0.434 e. The van der Waals surface area contributed by atoms with Crippen LogP contribution >= 0.6 is 0 Å². The van der Waals surface area contributed by atoms with Crippen molar-refractivity contribution >= 4 is 5.69 Å². The average molecular weight is 243 g/mol. The lowest BCUT2D eigenvalue weighted by Gasteiger charge is -2.11. The van der Waals surface area contributed by atoms with E-state index in [1.165, 1.54) is 24.1 Å². The number of hydrogen-bond acceptors (Lipinski definition) is 4. The molecule has 1 spiro atoms. The summed E-state index contributed by atoms with van der Waals surface area (Å²) in [6.45, 7) is 1.09. The molecule has 1 aliphatic heterocycles. The largest absolute Gasteiger partial charge is 0.434 e. The second kappa shape index (κ2) is 3.04. The Bertz CT molecular complexity index is 682. The van der Waals surface area contributed by atoms with Crippen molar-refractivity contribution in [1.29, 1.82) is 0 Å². The summed E-state index contributed by atoms with van der Waals surface area (Å²) < 4.78 is 5.01. The van der Waals surface area contributed by atoms with E-state index in [0.717, 1.165) is 12.1 Å². The number of aromatic amines is 1. The number of aromatic nitrogens is 2. The Labute approximate surface area is 103 Å². The van der Waals surface area contributed by atoms with Gasteiger partial charge in [0.25, 0.3) is 0 Å². The van der Waals surface area contributed by atoms with Gasteiger partial charge >= 0.3 is 5.76 Å². The molecule has 0 unspecified atom stereocenters. The normalized spacial score (nSPS) is 19.3. The minimum Gasteiger partial charge on any atom is -0.388 e. The molecular formula is C13H13N3O2. The maximum atomic E-state index is 11.0. The van der Waals surface area contributed by atoms with Gasteiger partial charge in [-0.05, 0) is 36.6 Å². The molecule has 92 valence electrons. The number of nitrogens with one attached hydrogen (secondary N) is 1. The minimum atomic E-state index is -0.510. The van der Waals surface area contributed by atoms with E-state index in [9.17, 15) is 4.79 Å². The molecule has 0 radical (unpaired) electrons. The van der Waals surface area contributed by atoms with Crippen molar-refractivity contribution in [2.24, 2.45) is 0 Å². The maximum absolute atomic E-state index is 11.0. The standard InChI is InChI=1S/C13H13N3O2/c1-16-7-13(4-5-13)9-6-8(2-3-10(9)16)11-14-15-12(17)18-11/h2-3,6H,4-5,7H2,1H3,(H,15,17). The number of hydrogen-bond donors (Lipinski definition) is 1. The van der Waals surface area contributed by atoms with Gasteiger partial charge in [-0.1, -0.05) is 0 Å². The molecule has 0 bridgehead atoms. The molecule has 0 saturated heterocycles. The van der Waals surface area contributed by atoms with Crippen molar-refractivity contribution in [2.45, 2.75) is 18.3 Å². The molecule has 18 heavy (non-hydrogen) atoms. The minimum absolute atomic E-state index is 0.344. The van der Waals surface area contributed by atoms with Crippen LogP contribution in [0.2, 0.25) is 0 Å². The van der Waals surface area contributed by atoms with Crippen LogP contribution in [0.15, 0.2) is 27.4 Å². The zero-order valence-corrected chi connectivity index (χ0v) is 10.1. The van der Waals surface area contributed by atoms with Crippen LogP contribution in [0.3, 0.4) is 0 Å². The first kappa shape index (κ1) is 9.94. The molecule has 5 heteroatoms. The molecule has 1 saturated carbocycles. The van der Waals surface area contributed by atoms with Crippen molar-refractivity contribution in [1.82, 2.24) is 10.2 Å². The molecule has 1 aliphatic carbocycles. The van der Waals surface area contributed by atoms with Gasteiger partial charge in [-0.25, -0.2) is 9.89 Å². The number of anilines is 1. The molecule has 1 fully saturated rings. The molecule has 1 aromatic carbocycles. The molecule has 2 heterocycles. The van der Waals surface area contributed by atoms with Gasteiger partial charge in [-0.3, -0.25) is 0 Å². The van der Waals surface area contributed by atoms with Gasteiger partial charge in [0.15, 0.2) is 0 Å². The summed E-state index contributed by atoms with van der Waals surface area (Å²) in [5, 5.41) is 6.18. The topological polar surface area (TPSA) is 62.1 Å². The molecule has 5 nitrogen and oxygen atoms in total. The fraction of sp³-hybridized carbons (Fsp3) is 0.385. The summed E-state index contributed by atoms with van der Waals surface area (Å²) in [5.41, 5.74) is 3.87. The Balaban J connectivity index is 1.87. The zero-order chi connectivity index (χ0) is 12.3. The quantitative estimate of drug-likeness (QED) is 0.824. The summed E-state index contributed by atoms with van der Waals surface area (Å²) in [4.78, 5) is 13.3. The number of rotatable bonds is 1. The van der Waals surface area contributed by atoms with Gasteiger partial charge in [-0.15, -0.1) is 5.10 Å². The number of H-pyrrole nitrogens is 1. The first-order valence-corrected chi connectivity index (χ1v) is 6.10. The highest BCUT2D eigenvalue weighted by Gasteiger charge is 2.50. The van der Waals surface area contributed by atoms with E-state index < -0.39 is 5.76 Å². The Morgan fingerprint density at radius 3 is 2.94 bits per heavy atom. The number of fused-ring (bicyclic) bond motifs is 2. The third-order valence-corrected chi connectivity index (χ3v) is 4.06. The van der Waals surface area contributed by atoms with Crippen LogP contribution in [0, 0.1) is 0 Å². The van der Waals surface area contributed by atoms with E-state index in [1.807, 2.05) is 6.07 Å². The molecule has 2 aliphatic rings. The number of benzene rings is 1. The predicted molar refractivity (Wildman–Crippen MR) is 66.7 cm³/mol. The summed E-state index contributed by atoms with van der Waals surface area (Å²) in [6, 6.07) is 6.16. The van der Waals surface area contributed by atoms with Crippen molar-refractivity contribution in [3.05, 3.63) is 34.3 Å². The van der Waals surface area contributed by atoms with Gasteiger partial charge in [0.05, 0.1) is 0 Å². The van der Waals surface area contributed by atoms with Crippen LogP contribution in [0.4, 0.5) is 5.69 Å². The third kappa shape index (κ3) is 1.21. The fourth-order valence-electron chi connectivity index (χ4n) is 2.98. The van der Waals surface area contributed by atoms with Crippen molar-refractivity contribution < 1.29 is 4.42 Å². The third-order valence-electron chi connectivity index (χ3n) is 4.06. The highest BCUT2D eigenvalue weighted by atomic mass is 16.4. The molecule has 0 amide bonds. The van der Waals surface area contributed by atoms with E-state index in [2.05, 4.69) is 34.3 Å². The predicted octanol–water partition coefficient (Wildman–Crippen LogP) is 1.51. The Morgan fingerprint density at radius 1 is 1.44 bits per heavy atom. The van der Waals surface area contributed by atoms with Crippen LogP contribution in [0.25, 0.3) is 11.5 Å². The van der Waals surface area contributed by atoms with Crippen LogP contribution in [0.5, 0.6) is 0 Å². The van der Waals surface area contributed by atoms with Crippen molar-refractivity contribution in [3.8, 4) is 11.5 Å². The molecule has 1 N–H and O–H groups in total. The first-order valence-electron chi connectivity index (χ1n) is 6.10. The van der Waals surface area contributed by atoms with Crippen molar-refractivity contribution in [3.63, 3.8) is 0 Å². The number of likely N-dealkylation sites (N-methyl/N-ethyl adjacent to an activating group) is 1. The highest BCUT2D eigenvalue weighted by molar-refractivity contribution is 5.70. The van der Waals surface area contributed by atoms with Crippen LogP contribution in [-0.2, 0) is 5.41 Å². The van der Waals surface area contributed by atoms with Crippen LogP contribution in [0.1, 0.15) is 18.4 Å². The molecule has 1 aromatic heterocycles. The first-order chi connectivity index (χ1) is 8.68. The van der Waals surface area contributed by atoms with Gasteiger partial charge in [0, 0.05) is 30.3 Å². The summed E-state index contributed by atoms with van der Waals surface area (Å²) in [7, 11) is 2.13. The lowest BCUT2D eigenvalue weighted by atomic mass is 9.96. The molecular weight excluding hydrogens is 230 g/mol. The zero-order valence-electron chi connectivity index (χ0n) is 10.1.